The summed E-state index contributed by atoms with van der Waals surface area (Å²) in [6.45, 7) is 0. The second kappa shape index (κ2) is 3.94. The molecule has 0 radical (unpaired) electrons. The lowest BCUT2D eigenvalue weighted by Gasteiger charge is -2.10. The van der Waals surface area contributed by atoms with E-state index in [0.29, 0.717) is 0 Å². The SMILES string of the molecule is CN1N[NH+](C)c2ccc3ccccc3c21.[Cl-]. The lowest BCUT2D eigenvalue weighted by Crippen LogP contribution is -3.10. The van der Waals surface area contributed by atoms with Gasteiger partial charge < -0.3 is 12.4 Å². The number of quaternary nitrogens is 1. The summed E-state index contributed by atoms with van der Waals surface area (Å²) in [5, 5.41) is 5.91. The van der Waals surface area contributed by atoms with Gasteiger partial charge in [-0.3, -0.25) is 5.01 Å². The van der Waals surface area contributed by atoms with Crippen molar-refractivity contribution in [2.75, 3.05) is 19.1 Å². The van der Waals surface area contributed by atoms with E-state index in [-0.39, 0.29) is 12.4 Å². The number of nitrogens with one attached hydrogen (secondary N) is 2. The van der Waals surface area contributed by atoms with Crippen molar-refractivity contribution in [1.29, 1.82) is 0 Å². The molecular formula is C12H14ClN3. The Morgan fingerprint density at radius 3 is 2.69 bits per heavy atom. The zero-order valence-electron chi connectivity index (χ0n) is 9.29. The molecule has 0 aliphatic carbocycles. The predicted molar refractivity (Wildman–Crippen MR) is 62.0 cm³/mol. The molecule has 3 rings (SSSR count). The van der Waals surface area contributed by atoms with Crippen LogP contribution in [0.4, 0.5) is 11.4 Å². The molecule has 0 fully saturated rings. The fourth-order valence-electron chi connectivity index (χ4n) is 2.29. The van der Waals surface area contributed by atoms with E-state index >= 15 is 0 Å². The van der Waals surface area contributed by atoms with Crippen molar-refractivity contribution in [1.82, 2.24) is 5.53 Å². The molecule has 0 spiro atoms. The molecule has 4 heteroatoms. The molecule has 0 saturated heterocycles. The van der Waals surface area contributed by atoms with Crippen LogP contribution in [0.25, 0.3) is 10.8 Å². The van der Waals surface area contributed by atoms with E-state index in [1.807, 2.05) is 0 Å². The molecule has 0 saturated carbocycles. The van der Waals surface area contributed by atoms with Gasteiger partial charge in [0, 0.05) is 18.5 Å². The fraction of sp³-hybridized carbons (Fsp3) is 0.167. The summed E-state index contributed by atoms with van der Waals surface area (Å²) in [4.78, 5) is 0. The molecule has 2 aromatic rings. The molecule has 2 aromatic carbocycles. The molecule has 0 bridgehead atoms. The second-order valence-electron chi connectivity index (χ2n) is 3.98. The van der Waals surface area contributed by atoms with Gasteiger partial charge >= 0.3 is 0 Å². The first kappa shape index (κ1) is 11.2. The molecule has 16 heavy (non-hydrogen) atoms. The molecule has 0 aromatic heterocycles. The van der Waals surface area contributed by atoms with Crippen molar-refractivity contribution in [3.63, 3.8) is 0 Å². The van der Waals surface area contributed by atoms with Crippen molar-refractivity contribution in [2.45, 2.75) is 0 Å². The van der Waals surface area contributed by atoms with Crippen LogP contribution < -0.4 is 28.0 Å². The molecule has 3 nitrogen and oxygen atoms in total. The summed E-state index contributed by atoms with van der Waals surface area (Å²) < 4.78 is 0. The van der Waals surface area contributed by atoms with Gasteiger partial charge in [-0.05, 0) is 11.5 Å². The van der Waals surface area contributed by atoms with Gasteiger partial charge in [0.2, 0.25) is 0 Å². The van der Waals surface area contributed by atoms with E-state index in [9.17, 15) is 0 Å². The van der Waals surface area contributed by atoms with Gasteiger partial charge in [-0.2, -0.15) is 0 Å². The number of rotatable bonds is 0. The third kappa shape index (κ3) is 1.45. The number of fused-ring (bicyclic) bond motifs is 3. The van der Waals surface area contributed by atoms with Crippen LogP contribution in [0.2, 0.25) is 0 Å². The Bertz CT molecular complexity index is 527. The van der Waals surface area contributed by atoms with Crippen LogP contribution in [-0.2, 0) is 0 Å². The second-order valence-corrected chi connectivity index (χ2v) is 3.98. The highest BCUT2D eigenvalue weighted by Crippen LogP contribution is 2.32. The van der Waals surface area contributed by atoms with Crippen molar-refractivity contribution in [3.8, 4) is 0 Å². The molecule has 1 atom stereocenters. The van der Waals surface area contributed by atoms with Crippen LogP contribution >= 0.6 is 0 Å². The summed E-state index contributed by atoms with van der Waals surface area (Å²) in [7, 11) is 4.17. The maximum atomic E-state index is 3.32. The normalized spacial score (nSPS) is 18.4. The molecule has 1 unspecified atom stereocenters. The number of hydrazine groups is 1. The van der Waals surface area contributed by atoms with Crippen LogP contribution in [0.1, 0.15) is 0 Å². The summed E-state index contributed by atoms with van der Waals surface area (Å²) in [6.07, 6.45) is 0. The Hall–Kier alpha value is -1.29. The summed E-state index contributed by atoms with van der Waals surface area (Å²) in [5.41, 5.74) is 5.91. The molecule has 1 aliphatic rings. The van der Waals surface area contributed by atoms with Crippen molar-refractivity contribution >= 4 is 22.1 Å². The van der Waals surface area contributed by atoms with Crippen LogP contribution in [0.3, 0.4) is 0 Å². The summed E-state index contributed by atoms with van der Waals surface area (Å²) in [5.74, 6) is 0. The van der Waals surface area contributed by atoms with Gasteiger partial charge in [0.25, 0.3) is 0 Å². The third-order valence-corrected chi connectivity index (χ3v) is 2.98. The topological polar surface area (TPSA) is 19.7 Å². The molecule has 1 aliphatic heterocycles. The van der Waals surface area contributed by atoms with Crippen molar-refractivity contribution in [3.05, 3.63) is 36.4 Å². The maximum Gasteiger partial charge on any atom is 0.177 e. The van der Waals surface area contributed by atoms with Gasteiger partial charge in [0.1, 0.15) is 5.69 Å². The highest BCUT2D eigenvalue weighted by molar-refractivity contribution is 5.98. The Balaban J connectivity index is 0.000000963. The van der Waals surface area contributed by atoms with Gasteiger partial charge in [-0.15, -0.1) is 0 Å². The number of benzene rings is 2. The minimum absolute atomic E-state index is 0. The van der Waals surface area contributed by atoms with E-state index in [0.717, 1.165) is 0 Å². The van der Waals surface area contributed by atoms with Crippen LogP contribution in [0, 0.1) is 0 Å². The van der Waals surface area contributed by atoms with Crippen LogP contribution in [0.15, 0.2) is 36.4 Å². The minimum Gasteiger partial charge on any atom is -1.00 e. The first-order chi connectivity index (χ1) is 7.27. The average molecular weight is 236 g/mol. The van der Waals surface area contributed by atoms with Gasteiger partial charge in [0.15, 0.2) is 5.69 Å². The summed E-state index contributed by atoms with van der Waals surface area (Å²) in [6, 6.07) is 12.8. The predicted octanol–water partition coefficient (Wildman–Crippen LogP) is -2.14. The third-order valence-electron chi connectivity index (χ3n) is 2.98. The standard InChI is InChI=1S/C12H13N3.ClH/c1-14-11-8-7-9-5-3-4-6-10(9)12(11)15(2)13-14;/h3-8,13H,1-2H3;1H. The number of anilines is 1. The fourth-order valence-corrected chi connectivity index (χ4v) is 2.29. The Morgan fingerprint density at radius 1 is 1.12 bits per heavy atom. The van der Waals surface area contributed by atoms with E-state index in [2.05, 4.69) is 61.0 Å². The maximum absolute atomic E-state index is 3.32. The monoisotopic (exact) mass is 235 g/mol. The molecule has 84 valence electrons. The van der Waals surface area contributed by atoms with E-state index in [1.165, 1.54) is 27.2 Å². The highest BCUT2D eigenvalue weighted by Gasteiger charge is 2.26. The van der Waals surface area contributed by atoms with Gasteiger partial charge in [0.05, 0.1) is 7.05 Å². The van der Waals surface area contributed by atoms with Crippen molar-refractivity contribution in [2.24, 2.45) is 0 Å². The number of hydrogen-bond donors (Lipinski definition) is 2. The quantitative estimate of drug-likeness (QED) is 0.544. The Morgan fingerprint density at radius 2 is 1.88 bits per heavy atom. The molecule has 2 N–H and O–H groups in total. The van der Waals surface area contributed by atoms with Crippen LogP contribution in [-0.4, -0.2) is 14.1 Å². The zero-order chi connectivity index (χ0) is 10.4. The Labute approximate surface area is 101 Å². The molecular weight excluding hydrogens is 222 g/mol. The van der Waals surface area contributed by atoms with E-state index < -0.39 is 0 Å². The van der Waals surface area contributed by atoms with Gasteiger partial charge in [-0.25, -0.2) is 5.01 Å². The lowest BCUT2D eigenvalue weighted by atomic mass is 10.1. The zero-order valence-corrected chi connectivity index (χ0v) is 10.0. The number of nitrogens with zero attached hydrogens (tertiary/aromatic N) is 1. The number of halogens is 1. The molecule has 0 amide bonds. The smallest absolute Gasteiger partial charge is 0.177 e. The largest absolute Gasteiger partial charge is 1.00 e. The Kier molecular flexibility index (Phi) is 2.76. The average Bonchev–Trinajstić information content (AvgIpc) is 2.55. The summed E-state index contributed by atoms with van der Waals surface area (Å²) >= 11 is 0. The van der Waals surface area contributed by atoms with Crippen molar-refractivity contribution < 1.29 is 17.4 Å². The first-order valence-electron chi connectivity index (χ1n) is 5.13. The lowest BCUT2D eigenvalue weighted by molar-refractivity contribution is -0.854. The first-order valence-corrected chi connectivity index (χ1v) is 5.13. The minimum atomic E-state index is 0. The van der Waals surface area contributed by atoms with E-state index in [4.69, 9.17) is 0 Å². The van der Waals surface area contributed by atoms with E-state index in [1.54, 1.807) is 0 Å². The van der Waals surface area contributed by atoms with Crippen LogP contribution in [0.5, 0.6) is 0 Å². The highest BCUT2D eigenvalue weighted by atomic mass is 35.5. The molecule has 1 heterocycles. The number of hydrogen-bond acceptors (Lipinski definition) is 2. The van der Waals surface area contributed by atoms with Gasteiger partial charge in [-0.1, -0.05) is 29.8 Å².